The molecule has 0 fully saturated rings. The molecule has 0 spiro atoms. The number of amides is 2. The molecule has 2 rings (SSSR count). The van der Waals surface area contributed by atoms with Crippen LogP contribution in [0.25, 0.3) is 0 Å². The van der Waals surface area contributed by atoms with Gasteiger partial charge in [0.05, 0.1) is 5.56 Å². The van der Waals surface area contributed by atoms with E-state index in [4.69, 9.17) is 17.0 Å². The van der Waals surface area contributed by atoms with Crippen molar-refractivity contribution >= 4 is 29.1 Å². The Kier molecular flexibility index (Phi) is 6.21. The van der Waals surface area contributed by atoms with Gasteiger partial charge in [-0.25, -0.2) is 4.39 Å². The van der Waals surface area contributed by atoms with E-state index in [1.807, 2.05) is 6.07 Å². The Morgan fingerprint density at radius 3 is 2.38 bits per heavy atom. The highest BCUT2D eigenvalue weighted by atomic mass is 32.1. The quantitative estimate of drug-likeness (QED) is 0.578. The number of rotatable bonds is 4. The number of carbonyl (C=O) groups excluding carboxylic acids is 2. The molecule has 0 aromatic heterocycles. The first kappa shape index (κ1) is 17.4. The Bertz CT molecular complexity index is 740. The predicted molar refractivity (Wildman–Crippen MR) is 89.7 cm³/mol. The minimum atomic E-state index is -0.722. The number of hydrogen-bond donors (Lipinski definition) is 3. The number of benzene rings is 2. The van der Waals surface area contributed by atoms with Gasteiger partial charge in [0, 0.05) is 0 Å². The number of carbonyl (C=O) groups is 2. The summed E-state index contributed by atoms with van der Waals surface area (Å²) >= 11 is 4.85. The number of thiocarbonyl (C=S) groups is 1. The maximum Gasteiger partial charge on any atom is 0.276 e. The van der Waals surface area contributed by atoms with E-state index in [9.17, 15) is 14.0 Å². The lowest BCUT2D eigenvalue weighted by atomic mass is 10.2. The molecule has 0 bridgehead atoms. The summed E-state index contributed by atoms with van der Waals surface area (Å²) in [4.78, 5) is 23.4. The standard InChI is InChI=1S/C16H14FN3O3S/c17-13-9-5-4-8-12(13)15(22)18-16(24)20-19-14(21)10-23-11-6-2-1-3-7-11/h1-9H,10H2,(H,19,21)(H2,18,20,22,24). The van der Waals surface area contributed by atoms with E-state index < -0.39 is 17.6 Å². The van der Waals surface area contributed by atoms with E-state index in [0.717, 1.165) is 6.07 Å². The predicted octanol–water partition coefficient (Wildman–Crippen LogP) is 1.54. The largest absolute Gasteiger partial charge is 0.484 e. The zero-order chi connectivity index (χ0) is 17.4. The van der Waals surface area contributed by atoms with Crippen LogP contribution in [-0.2, 0) is 4.79 Å². The van der Waals surface area contributed by atoms with Crippen molar-refractivity contribution in [2.24, 2.45) is 0 Å². The van der Waals surface area contributed by atoms with E-state index >= 15 is 0 Å². The number of hydrazine groups is 1. The van der Waals surface area contributed by atoms with Gasteiger partial charge in [-0.05, 0) is 36.5 Å². The first-order chi connectivity index (χ1) is 11.6. The van der Waals surface area contributed by atoms with Crippen LogP contribution in [0.15, 0.2) is 54.6 Å². The first-order valence-electron chi connectivity index (χ1n) is 6.89. The summed E-state index contributed by atoms with van der Waals surface area (Å²) < 4.78 is 18.7. The molecule has 0 saturated carbocycles. The molecule has 8 heteroatoms. The first-order valence-corrected chi connectivity index (χ1v) is 7.29. The van der Waals surface area contributed by atoms with Gasteiger partial charge in [-0.2, -0.15) is 0 Å². The van der Waals surface area contributed by atoms with Gasteiger partial charge in [-0.1, -0.05) is 30.3 Å². The zero-order valence-electron chi connectivity index (χ0n) is 12.4. The third-order valence-corrected chi connectivity index (χ3v) is 2.98. The van der Waals surface area contributed by atoms with Crippen molar-refractivity contribution in [2.45, 2.75) is 0 Å². The van der Waals surface area contributed by atoms with Crippen molar-refractivity contribution < 1.29 is 18.7 Å². The molecule has 0 saturated heterocycles. The number of para-hydroxylation sites is 1. The average molecular weight is 347 g/mol. The average Bonchev–Trinajstić information content (AvgIpc) is 2.59. The van der Waals surface area contributed by atoms with E-state index in [0.29, 0.717) is 5.75 Å². The van der Waals surface area contributed by atoms with Crippen molar-refractivity contribution in [3.05, 3.63) is 66.0 Å². The Hall–Kier alpha value is -3.00. The molecule has 6 nitrogen and oxygen atoms in total. The van der Waals surface area contributed by atoms with E-state index in [1.165, 1.54) is 18.2 Å². The highest BCUT2D eigenvalue weighted by molar-refractivity contribution is 7.80. The minimum Gasteiger partial charge on any atom is -0.484 e. The van der Waals surface area contributed by atoms with E-state index in [1.54, 1.807) is 24.3 Å². The lowest BCUT2D eigenvalue weighted by Gasteiger charge is -2.11. The third-order valence-electron chi connectivity index (χ3n) is 2.77. The summed E-state index contributed by atoms with van der Waals surface area (Å²) in [5, 5.41) is 2.08. The molecule has 24 heavy (non-hydrogen) atoms. The molecule has 124 valence electrons. The zero-order valence-corrected chi connectivity index (χ0v) is 13.2. The van der Waals surface area contributed by atoms with Gasteiger partial charge in [0.1, 0.15) is 11.6 Å². The maximum atomic E-state index is 13.5. The fourth-order valence-electron chi connectivity index (χ4n) is 1.68. The van der Waals surface area contributed by atoms with Crippen LogP contribution in [-0.4, -0.2) is 23.5 Å². The minimum absolute atomic E-state index is 0.152. The van der Waals surface area contributed by atoms with Crippen LogP contribution in [0.3, 0.4) is 0 Å². The highest BCUT2D eigenvalue weighted by Gasteiger charge is 2.12. The molecule has 0 aliphatic heterocycles. The summed E-state index contributed by atoms with van der Waals surface area (Å²) in [6, 6.07) is 14.3. The number of halogens is 1. The fraction of sp³-hybridized carbons (Fsp3) is 0.0625. The monoisotopic (exact) mass is 347 g/mol. The van der Waals surface area contributed by atoms with E-state index in [2.05, 4.69) is 16.2 Å². The Morgan fingerprint density at radius 1 is 1.00 bits per heavy atom. The second kappa shape index (κ2) is 8.59. The van der Waals surface area contributed by atoms with Crippen LogP contribution in [0, 0.1) is 5.82 Å². The second-order valence-electron chi connectivity index (χ2n) is 4.54. The molecule has 0 aliphatic carbocycles. The molecular formula is C16H14FN3O3S. The van der Waals surface area contributed by atoms with Gasteiger partial charge in [0.2, 0.25) is 0 Å². The van der Waals surface area contributed by atoms with Crippen molar-refractivity contribution in [3.63, 3.8) is 0 Å². The smallest absolute Gasteiger partial charge is 0.276 e. The fourth-order valence-corrected chi connectivity index (χ4v) is 1.82. The Balaban J connectivity index is 1.73. The highest BCUT2D eigenvalue weighted by Crippen LogP contribution is 2.07. The van der Waals surface area contributed by atoms with Gasteiger partial charge >= 0.3 is 0 Å². The summed E-state index contributed by atoms with van der Waals surface area (Å²) in [5.41, 5.74) is 4.44. The molecule has 2 aromatic rings. The molecule has 0 unspecified atom stereocenters. The Labute approximate surface area is 143 Å². The van der Waals surface area contributed by atoms with Crippen LogP contribution in [0.2, 0.25) is 0 Å². The maximum absolute atomic E-state index is 13.5. The van der Waals surface area contributed by atoms with Crippen LogP contribution >= 0.6 is 12.2 Å². The van der Waals surface area contributed by atoms with E-state index in [-0.39, 0.29) is 17.3 Å². The normalized spacial score (nSPS) is 9.71. The van der Waals surface area contributed by atoms with Gasteiger partial charge in [0.25, 0.3) is 11.8 Å². The van der Waals surface area contributed by atoms with Crippen molar-refractivity contribution in [2.75, 3.05) is 6.61 Å². The Morgan fingerprint density at radius 2 is 1.67 bits per heavy atom. The molecule has 3 N–H and O–H groups in total. The number of hydrogen-bond acceptors (Lipinski definition) is 4. The van der Waals surface area contributed by atoms with Gasteiger partial charge < -0.3 is 4.74 Å². The van der Waals surface area contributed by atoms with Crippen molar-refractivity contribution in [1.29, 1.82) is 0 Å². The molecule has 2 amide bonds. The number of nitrogens with one attached hydrogen (secondary N) is 3. The van der Waals surface area contributed by atoms with Gasteiger partial charge in [0.15, 0.2) is 11.7 Å². The lowest BCUT2D eigenvalue weighted by Crippen LogP contribution is -2.49. The molecule has 0 radical (unpaired) electrons. The summed E-state index contributed by atoms with van der Waals surface area (Å²) in [6.07, 6.45) is 0. The summed E-state index contributed by atoms with van der Waals surface area (Å²) in [7, 11) is 0. The second-order valence-corrected chi connectivity index (χ2v) is 4.95. The molecule has 0 aliphatic rings. The SMILES string of the molecule is O=C(COc1ccccc1)NNC(=S)NC(=O)c1ccccc1F. The lowest BCUT2D eigenvalue weighted by molar-refractivity contribution is -0.123. The summed E-state index contributed by atoms with van der Waals surface area (Å²) in [6.45, 7) is -0.235. The van der Waals surface area contributed by atoms with Gasteiger partial charge in [-0.15, -0.1) is 0 Å². The molecular weight excluding hydrogens is 333 g/mol. The van der Waals surface area contributed by atoms with Crippen molar-refractivity contribution in [3.8, 4) is 5.75 Å². The molecule has 0 atom stereocenters. The molecule has 0 heterocycles. The third kappa shape index (κ3) is 5.33. The van der Waals surface area contributed by atoms with Crippen LogP contribution in [0.1, 0.15) is 10.4 Å². The van der Waals surface area contributed by atoms with Crippen LogP contribution in [0.4, 0.5) is 4.39 Å². The summed E-state index contributed by atoms with van der Waals surface area (Å²) in [5.74, 6) is -1.34. The van der Waals surface area contributed by atoms with Crippen LogP contribution in [0.5, 0.6) is 5.75 Å². The molecule has 2 aromatic carbocycles. The topological polar surface area (TPSA) is 79.5 Å². The van der Waals surface area contributed by atoms with Gasteiger partial charge in [-0.3, -0.25) is 25.8 Å². The van der Waals surface area contributed by atoms with Crippen LogP contribution < -0.4 is 20.9 Å². The van der Waals surface area contributed by atoms with Crippen molar-refractivity contribution in [1.82, 2.24) is 16.2 Å². The number of ether oxygens (including phenoxy) is 1.